The zero-order chi connectivity index (χ0) is 17.5. The second-order valence-electron chi connectivity index (χ2n) is 5.15. The van der Waals surface area contributed by atoms with Crippen molar-refractivity contribution in [2.24, 2.45) is 0 Å². The molecular formula is C17H14BrClNO3S. The predicted octanol–water partition coefficient (Wildman–Crippen LogP) is 4.82. The Balaban J connectivity index is 2.34. The van der Waals surface area contributed by atoms with Gasteiger partial charge in [-0.25, -0.2) is 12.4 Å². The molecule has 4 nitrogen and oxygen atoms in total. The second kappa shape index (κ2) is 6.43. The van der Waals surface area contributed by atoms with Crippen molar-refractivity contribution in [3.63, 3.8) is 0 Å². The molecule has 0 aliphatic rings. The number of fused-ring (bicyclic) bond motifs is 1. The van der Waals surface area contributed by atoms with Crippen LogP contribution >= 0.6 is 27.5 Å². The lowest BCUT2D eigenvalue weighted by molar-refractivity contribution is 0.362. The molecule has 0 saturated carbocycles. The summed E-state index contributed by atoms with van der Waals surface area (Å²) in [5.41, 5.74) is 0.963. The van der Waals surface area contributed by atoms with Gasteiger partial charge in [-0.15, -0.1) is 0 Å². The molecule has 0 atom stereocenters. The van der Waals surface area contributed by atoms with Crippen LogP contribution in [0.5, 0.6) is 5.75 Å². The number of ether oxygens (including phenoxy) is 1. The van der Waals surface area contributed by atoms with E-state index in [2.05, 4.69) is 22.9 Å². The summed E-state index contributed by atoms with van der Waals surface area (Å²) in [7, 11) is -3.79. The van der Waals surface area contributed by atoms with Crippen LogP contribution in [0.25, 0.3) is 10.9 Å². The third-order valence-electron chi connectivity index (χ3n) is 3.65. The molecule has 0 amide bonds. The predicted molar refractivity (Wildman–Crippen MR) is 99.3 cm³/mol. The quantitative estimate of drug-likeness (QED) is 0.600. The molecule has 0 aliphatic carbocycles. The highest BCUT2D eigenvalue weighted by molar-refractivity contribution is 9.10. The first-order valence-corrected chi connectivity index (χ1v) is 9.71. The van der Waals surface area contributed by atoms with Gasteiger partial charge in [0.15, 0.2) is 0 Å². The van der Waals surface area contributed by atoms with E-state index in [0.717, 1.165) is 4.47 Å². The van der Waals surface area contributed by atoms with Gasteiger partial charge in [-0.05, 0) is 56.3 Å². The lowest BCUT2D eigenvalue weighted by atomic mass is 10.2. The lowest BCUT2D eigenvalue weighted by Gasteiger charge is -2.10. The van der Waals surface area contributed by atoms with Crippen LogP contribution in [-0.4, -0.2) is 19.0 Å². The van der Waals surface area contributed by atoms with Crippen molar-refractivity contribution >= 4 is 48.5 Å². The van der Waals surface area contributed by atoms with E-state index in [1.54, 1.807) is 49.4 Å². The molecule has 0 N–H and O–H groups in total. The molecule has 1 heterocycles. The van der Waals surface area contributed by atoms with E-state index in [-0.39, 0.29) is 11.5 Å². The molecule has 1 radical (unpaired) electrons. The van der Waals surface area contributed by atoms with Crippen LogP contribution in [0.15, 0.2) is 51.8 Å². The average molecular weight is 428 g/mol. The van der Waals surface area contributed by atoms with Crippen molar-refractivity contribution in [3.8, 4) is 5.75 Å². The van der Waals surface area contributed by atoms with Gasteiger partial charge >= 0.3 is 0 Å². The summed E-state index contributed by atoms with van der Waals surface area (Å²) in [6, 6.07) is 11.6. The Hall–Kier alpha value is -1.50. The van der Waals surface area contributed by atoms with Gasteiger partial charge in [0.25, 0.3) is 10.0 Å². The van der Waals surface area contributed by atoms with E-state index in [0.29, 0.717) is 27.4 Å². The largest absolute Gasteiger partial charge is 0.491 e. The third kappa shape index (κ3) is 2.83. The number of aromatic nitrogens is 1. The average Bonchev–Trinajstić information content (AvgIpc) is 2.80. The fourth-order valence-electron chi connectivity index (χ4n) is 2.64. The number of rotatable bonds is 4. The van der Waals surface area contributed by atoms with Gasteiger partial charge in [0.1, 0.15) is 5.75 Å². The van der Waals surface area contributed by atoms with E-state index in [4.69, 9.17) is 16.3 Å². The van der Waals surface area contributed by atoms with Crippen molar-refractivity contribution in [1.82, 2.24) is 3.97 Å². The maximum Gasteiger partial charge on any atom is 0.268 e. The van der Waals surface area contributed by atoms with Gasteiger partial charge in [-0.3, -0.25) is 0 Å². The van der Waals surface area contributed by atoms with Crippen LogP contribution in [0, 0.1) is 13.8 Å². The van der Waals surface area contributed by atoms with Gasteiger partial charge in [0.05, 0.1) is 22.7 Å². The first-order valence-electron chi connectivity index (χ1n) is 7.10. The topological polar surface area (TPSA) is 48.3 Å². The fraction of sp³-hybridized carbons (Fsp3) is 0.118. The molecule has 125 valence electrons. The third-order valence-corrected chi connectivity index (χ3v) is 6.24. The molecule has 0 bridgehead atoms. The minimum Gasteiger partial charge on any atom is -0.491 e. The van der Waals surface area contributed by atoms with Crippen LogP contribution in [0.4, 0.5) is 0 Å². The van der Waals surface area contributed by atoms with Crippen LogP contribution < -0.4 is 4.74 Å². The van der Waals surface area contributed by atoms with Crippen molar-refractivity contribution in [1.29, 1.82) is 0 Å². The maximum absolute atomic E-state index is 13.1. The van der Waals surface area contributed by atoms with Gasteiger partial charge < -0.3 is 4.74 Å². The van der Waals surface area contributed by atoms with Crippen LogP contribution in [0.2, 0.25) is 5.02 Å². The van der Waals surface area contributed by atoms with E-state index < -0.39 is 10.0 Å². The van der Waals surface area contributed by atoms with Gasteiger partial charge in [-0.2, -0.15) is 0 Å². The van der Waals surface area contributed by atoms with E-state index in [1.807, 2.05) is 0 Å². The van der Waals surface area contributed by atoms with Gasteiger partial charge in [0.2, 0.25) is 0 Å². The molecule has 0 saturated heterocycles. The summed E-state index contributed by atoms with van der Waals surface area (Å²) in [4.78, 5) is 0.187. The highest BCUT2D eigenvalue weighted by Gasteiger charge is 2.25. The Labute approximate surface area is 154 Å². The normalized spacial score (nSPS) is 11.8. The molecule has 3 aromatic rings. The Kier molecular flexibility index (Phi) is 4.64. The summed E-state index contributed by atoms with van der Waals surface area (Å²) in [6.07, 6.45) is 0. The Morgan fingerprint density at radius 1 is 1.21 bits per heavy atom. The van der Waals surface area contributed by atoms with Crippen molar-refractivity contribution in [3.05, 3.63) is 64.6 Å². The number of hydrogen-bond acceptors (Lipinski definition) is 3. The van der Waals surface area contributed by atoms with Gasteiger partial charge in [-0.1, -0.05) is 27.5 Å². The number of hydrogen-bond donors (Lipinski definition) is 0. The molecule has 1 aromatic heterocycles. The maximum atomic E-state index is 13.1. The second-order valence-corrected chi connectivity index (χ2v) is 8.29. The number of nitrogens with zero attached hydrogens (tertiary/aromatic N) is 1. The molecule has 2 aromatic carbocycles. The Morgan fingerprint density at radius 2 is 1.88 bits per heavy atom. The molecule has 0 unspecified atom stereocenters. The zero-order valence-electron chi connectivity index (χ0n) is 12.8. The molecule has 24 heavy (non-hydrogen) atoms. The first kappa shape index (κ1) is 17.3. The highest BCUT2D eigenvalue weighted by Crippen LogP contribution is 2.37. The fourth-order valence-corrected chi connectivity index (χ4v) is 4.61. The van der Waals surface area contributed by atoms with Crippen molar-refractivity contribution in [2.75, 3.05) is 6.61 Å². The SMILES string of the molecule is [CH2]COc1c(C)n(S(=O)(=O)c2ccc(Br)cc2)c2cc(Cl)ccc12. The zero-order valence-corrected chi connectivity index (χ0v) is 16.0. The highest BCUT2D eigenvalue weighted by atomic mass is 79.9. The summed E-state index contributed by atoms with van der Waals surface area (Å²) < 4.78 is 33.9. The van der Waals surface area contributed by atoms with Gasteiger partial charge in [0, 0.05) is 14.9 Å². The summed E-state index contributed by atoms with van der Waals surface area (Å²) >= 11 is 9.39. The number of halogens is 2. The lowest BCUT2D eigenvalue weighted by Crippen LogP contribution is -2.14. The molecular weight excluding hydrogens is 414 g/mol. The van der Waals surface area contributed by atoms with Crippen LogP contribution in [-0.2, 0) is 10.0 Å². The van der Waals surface area contributed by atoms with E-state index >= 15 is 0 Å². The summed E-state index contributed by atoms with van der Waals surface area (Å²) in [5, 5.41) is 1.13. The summed E-state index contributed by atoms with van der Waals surface area (Å²) in [6.45, 7) is 5.57. The minimum absolute atomic E-state index is 0.187. The van der Waals surface area contributed by atoms with Crippen LogP contribution in [0.3, 0.4) is 0 Å². The molecule has 0 aliphatic heterocycles. The van der Waals surface area contributed by atoms with E-state index in [1.165, 1.54) is 3.97 Å². The van der Waals surface area contributed by atoms with Crippen molar-refractivity contribution < 1.29 is 13.2 Å². The summed E-state index contributed by atoms with van der Waals surface area (Å²) in [5.74, 6) is 0.498. The van der Waals surface area contributed by atoms with Crippen molar-refractivity contribution in [2.45, 2.75) is 11.8 Å². The van der Waals surface area contributed by atoms with E-state index in [9.17, 15) is 8.42 Å². The molecule has 3 rings (SSSR count). The molecule has 0 spiro atoms. The minimum atomic E-state index is -3.79. The monoisotopic (exact) mass is 426 g/mol. The number of benzene rings is 2. The first-order chi connectivity index (χ1) is 11.4. The standard InChI is InChI=1S/C17H14BrClNO3S/c1-3-23-17-11(2)20(16-10-13(19)6-9-15(16)17)24(21,22)14-7-4-12(18)5-8-14/h4-10H,1,3H2,2H3. The van der Waals surface area contributed by atoms with Crippen LogP contribution in [0.1, 0.15) is 5.69 Å². The smallest absolute Gasteiger partial charge is 0.268 e. The molecule has 0 fully saturated rings. The Morgan fingerprint density at radius 3 is 2.50 bits per heavy atom. The Bertz CT molecular complexity index is 1010. The molecule has 7 heteroatoms.